The summed E-state index contributed by atoms with van der Waals surface area (Å²) in [6.07, 6.45) is 8.98. The number of hydrogen-bond donors (Lipinski definition) is 2. The fourth-order valence-corrected chi connectivity index (χ4v) is 4.40. The topological polar surface area (TPSA) is 113 Å². The summed E-state index contributed by atoms with van der Waals surface area (Å²) in [4.78, 5) is 34.9. The number of aliphatic hydroxyl groups is 1. The monoisotopic (exact) mass is 412 g/mol. The van der Waals surface area contributed by atoms with E-state index in [1.807, 2.05) is 0 Å². The van der Waals surface area contributed by atoms with E-state index in [4.69, 9.17) is 0 Å². The van der Waals surface area contributed by atoms with Gasteiger partial charge in [0.05, 0.1) is 12.1 Å². The molecule has 2 aliphatic rings. The van der Waals surface area contributed by atoms with Crippen molar-refractivity contribution in [2.75, 3.05) is 18.0 Å². The Labute approximate surface area is 175 Å². The quantitative estimate of drug-likeness (QED) is 0.761. The fraction of sp³-hybridized carbons (Fsp3) is 0.571. The van der Waals surface area contributed by atoms with Crippen LogP contribution in [0.4, 0.5) is 5.82 Å². The molecule has 2 aromatic heterocycles. The fourth-order valence-electron chi connectivity index (χ4n) is 4.40. The molecule has 30 heavy (non-hydrogen) atoms. The molecule has 1 saturated heterocycles. The molecule has 2 fully saturated rings. The van der Waals surface area contributed by atoms with E-state index in [0.29, 0.717) is 18.8 Å². The van der Waals surface area contributed by atoms with Crippen LogP contribution in [0.2, 0.25) is 0 Å². The van der Waals surface area contributed by atoms with Crippen molar-refractivity contribution in [2.45, 2.75) is 63.1 Å². The number of rotatable bonds is 5. The number of aliphatic hydroxyl groups excluding tert-OH is 1. The van der Waals surface area contributed by atoms with Crippen molar-refractivity contribution in [2.24, 2.45) is 0 Å². The number of hydrogen-bond acceptors (Lipinski definition) is 7. The van der Waals surface area contributed by atoms with Gasteiger partial charge in [0, 0.05) is 37.6 Å². The van der Waals surface area contributed by atoms with Gasteiger partial charge in [0.2, 0.25) is 5.82 Å². The Bertz CT molecular complexity index is 918. The zero-order valence-electron chi connectivity index (χ0n) is 17.0. The van der Waals surface area contributed by atoms with E-state index >= 15 is 0 Å². The van der Waals surface area contributed by atoms with Gasteiger partial charge in [0.1, 0.15) is 5.82 Å². The zero-order chi connectivity index (χ0) is 20.9. The van der Waals surface area contributed by atoms with Crippen molar-refractivity contribution in [1.29, 1.82) is 0 Å². The highest BCUT2D eigenvalue weighted by molar-refractivity contribution is 5.90. The summed E-state index contributed by atoms with van der Waals surface area (Å²) in [5, 5.41) is 17.9. The Kier molecular flexibility index (Phi) is 6.37. The van der Waals surface area contributed by atoms with Gasteiger partial charge in [-0.25, -0.2) is 14.6 Å². The normalized spacial score (nSPS) is 24.4. The predicted molar refractivity (Wildman–Crippen MR) is 111 cm³/mol. The maximum atomic E-state index is 12.5. The highest BCUT2D eigenvalue weighted by atomic mass is 16.3. The molecule has 9 heteroatoms. The molecule has 0 bridgehead atoms. The Morgan fingerprint density at radius 1 is 1.10 bits per heavy atom. The Balaban J connectivity index is 1.50. The minimum Gasteiger partial charge on any atom is -0.391 e. The smallest absolute Gasteiger partial charge is 0.289 e. The minimum atomic E-state index is -0.540. The van der Waals surface area contributed by atoms with Crippen LogP contribution in [0.3, 0.4) is 0 Å². The summed E-state index contributed by atoms with van der Waals surface area (Å²) in [6.45, 7) is 1.25. The third kappa shape index (κ3) is 4.51. The van der Waals surface area contributed by atoms with Crippen LogP contribution in [-0.2, 0) is 0 Å². The van der Waals surface area contributed by atoms with Crippen LogP contribution in [0.15, 0.2) is 35.4 Å². The minimum absolute atomic E-state index is 0.0705. The number of anilines is 1. The summed E-state index contributed by atoms with van der Waals surface area (Å²) in [7, 11) is 0. The number of nitrogens with one attached hydrogen (secondary N) is 1. The third-order valence-electron chi connectivity index (χ3n) is 6.01. The maximum absolute atomic E-state index is 12.5. The van der Waals surface area contributed by atoms with Gasteiger partial charge in [0.25, 0.3) is 11.5 Å². The largest absolute Gasteiger partial charge is 0.391 e. The molecule has 0 radical (unpaired) electrons. The van der Waals surface area contributed by atoms with E-state index in [9.17, 15) is 14.7 Å². The average molecular weight is 412 g/mol. The van der Waals surface area contributed by atoms with E-state index in [2.05, 4.69) is 25.3 Å². The molecular formula is C21H28N6O3. The van der Waals surface area contributed by atoms with Crippen LogP contribution < -0.4 is 15.8 Å². The lowest BCUT2D eigenvalue weighted by Crippen LogP contribution is -2.48. The van der Waals surface area contributed by atoms with Crippen molar-refractivity contribution < 1.29 is 9.90 Å². The van der Waals surface area contributed by atoms with Crippen molar-refractivity contribution in [3.8, 4) is 0 Å². The molecule has 1 aliphatic heterocycles. The van der Waals surface area contributed by atoms with E-state index in [-0.39, 0.29) is 29.4 Å². The summed E-state index contributed by atoms with van der Waals surface area (Å²) in [5.41, 5.74) is -0.187. The molecule has 160 valence electrons. The van der Waals surface area contributed by atoms with Gasteiger partial charge in [-0.3, -0.25) is 9.59 Å². The molecule has 1 amide bonds. The van der Waals surface area contributed by atoms with Gasteiger partial charge in [-0.2, -0.15) is 5.10 Å². The van der Waals surface area contributed by atoms with E-state index in [1.165, 1.54) is 10.7 Å². The van der Waals surface area contributed by atoms with Crippen molar-refractivity contribution >= 4 is 11.7 Å². The molecule has 3 atom stereocenters. The molecule has 0 spiro atoms. The first kappa shape index (κ1) is 20.5. The molecule has 3 unspecified atom stereocenters. The number of carbonyl (C=O) groups is 1. The van der Waals surface area contributed by atoms with Crippen molar-refractivity contribution in [3.63, 3.8) is 0 Å². The Morgan fingerprint density at radius 2 is 1.87 bits per heavy atom. The molecule has 4 rings (SSSR count). The first-order valence-corrected chi connectivity index (χ1v) is 10.7. The van der Waals surface area contributed by atoms with Gasteiger partial charge in [-0.1, -0.05) is 12.8 Å². The number of carbonyl (C=O) groups excluding carboxylic acids is 1. The summed E-state index contributed by atoms with van der Waals surface area (Å²) >= 11 is 0. The molecule has 2 aromatic rings. The van der Waals surface area contributed by atoms with Crippen LogP contribution in [0, 0.1) is 0 Å². The lowest BCUT2D eigenvalue weighted by atomic mass is 9.93. The van der Waals surface area contributed by atoms with Gasteiger partial charge in [0.15, 0.2) is 0 Å². The SMILES string of the molecule is O=C(NCC1CCCCN1c1ccc(=O)n(C2CCCCC2O)n1)c1ncccn1. The highest BCUT2D eigenvalue weighted by Gasteiger charge is 2.29. The molecule has 2 N–H and O–H groups in total. The van der Waals surface area contributed by atoms with E-state index in [0.717, 1.165) is 45.1 Å². The second kappa shape index (κ2) is 9.34. The number of nitrogens with zero attached hydrogens (tertiary/aromatic N) is 5. The first-order chi connectivity index (χ1) is 14.6. The lowest BCUT2D eigenvalue weighted by Gasteiger charge is -2.37. The molecular weight excluding hydrogens is 384 g/mol. The zero-order valence-corrected chi connectivity index (χ0v) is 17.0. The van der Waals surface area contributed by atoms with Gasteiger partial charge in [-0.05, 0) is 44.2 Å². The Hall–Kier alpha value is -2.81. The maximum Gasteiger partial charge on any atom is 0.289 e. The van der Waals surface area contributed by atoms with Crippen molar-refractivity contribution in [1.82, 2.24) is 25.1 Å². The average Bonchev–Trinajstić information content (AvgIpc) is 2.79. The molecule has 1 saturated carbocycles. The molecule has 0 aromatic carbocycles. The summed E-state index contributed by atoms with van der Waals surface area (Å²) < 4.78 is 1.46. The van der Waals surface area contributed by atoms with Gasteiger partial charge >= 0.3 is 0 Å². The predicted octanol–water partition coefficient (Wildman–Crippen LogP) is 1.30. The second-order valence-electron chi connectivity index (χ2n) is 8.02. The van der Waals surface area contributed by atoms with Crippen LogP contribution >= 0.6 is 0 Å². The summed E-state index contributed by atoms with van der Waals surface area (Å²) in [6, 6.07) is 4.74. The van der Waals surface area contributed by atoms with Crippen LogP contribution in [-0.4, -0.2) is 56.0 Å². The number of piperidine rings is 1. The summed E-state index contributed by atoms with van der Waals surface area (Å²) in [5.74, 6) is 0.560. The molecule has 1 aliphatic carbocycles. The number of aromatic nitrogens is 4. The van der Waals surface area contributed by atoms with Crippen molar-refractivity contribution in [3.05, 3.63) is 46.8 Å². The molecule has 9 nitrogen and oxygen atoms in total. The lowest BCUT2D eigenvalue weighted by molar-refractivity contribution is 0.0669. The Morgan fingerprint density at radius 3 is 2.67 bits per heavy atom. The van der Waals surface area contributed by atoms with Crippen LogP contribution in [0.25, 0.3) is 0 Å². The highest BCUT2D eigenvalue weighted by Crippen LogP contribution is 2.28. The third-order valence-corrected chi connectivity index (χ3v) is 6.01. The second-order valence-corrected chi connectivity index (χ2v) is 8.02. The standard InChI is InChI=1S/C21H28N6O3/c28-17-8-2-1-7-16(17)27-19(29)10-9-18(25-27)26-13-4-3-6-15(26)14-24-21(30)20-22-11-5-12-23-20/h5,9-12,15-17,28H,1-4,6-8,13-14H2,(H,24,30). The van der Waals surface area contributed by atoms with Crippen LogP contribution in [0.1, 0.15) is 61.6 Å². The van der Waals surface area contributed by atoms with Gasteiger partial charge in [-0.15, -0.1) is 0 Å². The number of amides is 1. The van der Waals surface area contributed by atoms with Gasteiger partial charge < -0.3 is 15.3 Å². The molecule has 3 heterocycles. The van der Waals surface area contributed by atoms with E-state index in [1.54, 1.807) is 24.5 Å². The van der Waals surface area contributed by atoms with E-state index < -0.39 is 6.10 Å². The first-order valence-electron chi connectivity index (χ1n) is 10.7. The van der Waals surface area contributed by atoms with Crippen LogP contribution in [0.5, 0.6) is 0 Å².